The van der Waals surface area contributed by atoms with Crippen LogP contribution in [0.15, 0.2) is 6.07 Å². The van der Waals surface area contributed by atoms with Crippen molar-refractivity contribution < 1.29 is 8.78 Å². The number of aromatic nitrogens is 1. The molecule has 0 bridgehead atoms. The highest BCUT2D eigenvalue weighted by atomic mass is 35.5. The number of alkyl halides is 3. The zero-order valence-electron chi connectivity index (χ0n) is 7.67. The van der Waals surface area contributed by atoms with Gasteiger partial charge >= 0.3 is 0 Å². The van der Waals surface area contributed by atoms with Gasteiger partial charge in [-0.3, -0.25) is 4.98 Å². The molecule has 1 rings (SSSR count). The molecule has 15 heavy (non-hydrogen) atoms. The van der Waals surface area contributed by atoms with Crippen LogP contribution in [0.3, 0.4) is 0 Å². The van der Waals surface area contributed by atoms with E-state index in [2.05, 4.69) is 4.98 Å². The molecule has 0 atom stereocenters. The number of nitrogens with two attached hydrogens (primary N) is 1. The van der Waals surface area contributed by atoms with E-state index in [1.165, 1.54) is 6.07 Å². The van der Waals surface area contributed by atoms with Crippen molar-refractivity contribution in [2.75, 3.05) is 5.73 Å². The number of hydrogen-bond donors (Lipinski definition) is 1. The zero-order chi connectivity index (χ0) is 11.4. The maximum Gasteiger partial charge on any atom is 0.280 e. The van der Waals surface area contributed by atoms with Crippen LogP contribution >= 0.6 is 11.6 Å². The SMILES string of the molecule is N#CCc1c(N)cc(CCl)nc1C(F)F. The molecule has 80 valence electrons. The third-order valence-corrected chi connectivity index (χ3v) is 2.12. The number of anilines is 1. The fraction of sp³-hybridized carbons (Fsp3) is 0.333. The highest BCUT2D eigenvalue weighted by Crippen LogP contribution is 2.26. The van der Waals surface area contributed by atoms with Crippen molar-refractivity contribution in [1.29, 1.82) is 5.26 Å². The number of halogens is 3. The lowest BCUT2D eigenvalue weighted by molar-refractivity contribution is 0.145. The van der Waals surface area contributed by atoms with Gasteiger partial charge in [0.2, 0.25) is 0 Å². The van der Waals surface area contributed by atoms with Gasteiger partial charge in [0.1, 0.15) is 5.69 Å². The predicted octanol–water partition coefficient (Wildman–Crippen LogP) is 2.41. The van der Waals surface area contributed by atoms with E-state index in [9.17, 15) is 8.78 Å². The Labute approximate surface area is 90.5 Å². The summed E-state index contributed by atoms with van der Waals surface area (Å²) in [5.74, 6) is 0.0107. The maximum atomic E-state index is 12.6. The van der Waals surface area contributed by atoms with Crippen molar-refractivity contribution in [3.05, 3.63) is 23.0 Å². The van der Waals surface area contributed by atoms with E-state index in [4.69, 9.17) is 22.6 Å². The van der Waals surface area contributed by atoms with Gasteiger partial charge in [0.05, 0.1) is 24.1 Å². The van der Waals surface area contributed by atoms with E-state index in [-0.39, 0.29) is 29.2 Å². The van der Waals surface area contributed by atoms with Crippen molar-refractivity contribution >= 4 is 17.3 Å². The van der Waals surface area contributed by atoms with Gasteiger partial charge in [-0.15, -0.1) is 11.6 Å². The largest absolute Gasteiger partial charge is 0.398 e. The summed E-state index contributed by atoms with van der Waals surface area (Å²) in [5.41, 5.74) is 5.59. The lowest BCUT2D eigenvalue weighted by atomic mass is 10.1. The standard InChI is InChI=1S/C9H8ClF2N3/c10-4-5-3-7(14)6(1-2-13)8(15-5)9(11)12/h3,9H,1,4H2,(H2,14,15). The van der Waals surface area contributed by atoms with Gasteiger partial charge in [0, 0.05) is 11.3 Å². The first-order valence-corrected chi connectivity index (χ1v) is 4.62. The zero-order valence-corrected chi connectivity index (χ0v) is 8.43. The fourth-order valence-corrected chi connectivity index (χ4v) is 1.33. The summed E-state index contributed by atoms with van der Waals surface area (Å²) in [7, 11) is 0. The van der Waals surface area contributed by atoms with Gasteiger partial charge in [-0.1, -0.05) is 0 Å². The van der Waals surface area contributed by atoms with Crippen LogP contribution in [0.1, 0.15) is 23.4 Å². The van der Waals surface area contributed by atoms with Crippen LogP contribution in [0.4, 0.5) is 14.5 Å². The highest BCUT2D eigenvalue weighted by Gasteiger charge is 2.18. The van der Waals surface area contributed by atoms with Crippen LogP contribution < -0.4 is 5.73 Å². The van der Waals surface area contributed by atoms with Crippen LogP contribution in [0.2, 0.25) is 0 Å². The predicted molar refractivity (Wildman–Crippen MR) is 52.5 cm³/mol. The topological polar surface area (TPSA) is 62.7 Å². The van der Waals surface area contributed by atoms with Crippen molar-refractivity contribution in [3.63, 3.8) is 0 Å². The summed E-state index contributed by atoms with van der Waals surface area (Å²) >= 11 is 5.48. The first kappa shape index (κ1) is 11.7. The molecule has 0 unspecified atom stereocenters. The number of nitrogens with zero attached hydrogens (tertiary/aromatic N) is 2. The smallest absolute Gasteiger partial charge is 0.280 e. The molecule has 6 heteroatoms. The summed E-state index contributed by atoms with van der Waals surface area (Å²) in [6.45, 7) is 0. The Bertz CT molecular complexity index is 401. The molecular formula is C9H8ClF2N3. The lowest BCUT2D eigenvalue weighted by Crippen LogP contribution is -2.05. The Morgan fingerprint density at radius 2 is 2.27 bits per heavy atom. The molecule has 0 radical (unpaired) electrons. The van der Waals surface area contributed by atoms with E-state index >= 15 is 0 Å². The molecule has 0 saturated carbocycles. The van der Waals surface area contributed by atoms with Crippen molar-refractivity contribution in [2.24, 2.45) is 0 Å². The second-order valence-electron chi connectivity index (χ2n) is 2.84. The molecule has 0 aliphatic rings. The summed E-state index contributed by atoms with van der Waals surface area (Å²) in [5, 5.41) is 8.47. The number of nitriles is 1. The van der Waals surface area contributed by atoms with Crippen LogP contribution in [-0.2, 0) is 12.3 Å². The number of rotatable bonds is 3. The van der Waals surface area contributed by atoms with Crippen LogP contribution in [0.5, 0.6) is 0 Å². The molecule has 0 amide bonds. The number of nitrogen functional groups attached to an aromatic ring is 1. The molecule has 0 spiro atoms. The minimum Gasteiger partial charge on any atom is -0.398 e. The van der Waals surface area contributed by atoms with Crippen molar-refractivity contribution in [2.45, 2.75) is 18.7 Å². The fourth-order valence-electron chi connectivity index (χ4n) is 1.19. The highest BCUT2D eigenvalue weighted by molar-refractivity contribution is 6.16. The van der Waals surface area contributed by atoms with E-state index < -0.39 is 12.1 Å². The molecule has 0 fully saturated rings. The van der Waals surface area contributed by atoms with Crippen LogP contribution in [0.25, 0.3) is 0 Å². The first-order chi connectivity index (χ1) is 7.10. The van der Waals surface area contributed by atoms with Gasteiger partial charge in [-0.2, -0.15) is 5.26 Å². The van der Waals surface area contributed by atoms with E-state index in [1.54, 1.807) is 6.07 Å². The minimum absolute atomic E-state index is 0.0107. The van der Waals surface area contributed by atoms with Crippen molar-refractivity contribution in [3.8, 4) is 6.07 Å². The Kier molecular flexibility index (Phi) is 3.81. The monoisotopic (exact) mass is 231 g/mol. The average molecular weight is 232 g/mol. The van der Waals surface area contributed by atoms with E-state index in [0.29, 0.717) is 0 Å². The first-order valence-electron chi connectivity index (χ1n) is 4.09. The molecule has 1 heterocycles. The number of hydrogen-bond acceptors (Lipinski definition) is 3. The van der Waals surface area contributed by atoms with Gasteiger partial charge in [-0.25, -0.2) is 8.78 Å². The molecule has 3 nitrogen and oxygen atoms in total. The average Bonchev–Trinajstić information content (AvgIpc) is 2.20. The van der Waals surface area contributed by atoms with Crippen molar-refractivity contribution in [1.82, 2.24) is 4.98 Å². The van der Waals surface area contributed by atoms with E-state index in [1.807, 2.05) is 0 Å². The lowest BCUT2D eigenvalue weighted by Gasteiger charge is -2.09. The molecule has 0 aliphatic carbocycles. The van der Waals surface area contributed by atoms with Gasteiger partial charge in [-0.05, 0) is 6.07 Å². The molecule has 1 aromatic heterocycles. The third kappa shape index (κ3) is 2.54. The molecule has 0 saturated heterocycles. The second kappa shape index (κ2) is 4.89. The summed E-state index contributed by atoms with van der Waals surface area (Å²) in [4.78, 5) is 3.66. The Morgan fingerprint density at radius 3 is 2.73 bits per heavy atom. The Hall–Kier alpha value is -1.41. The quantitative estimate of drug-likeness (QED) is 0.813. The normalized spacial score (nSPS) is 10.3. The van der Waals surface area contributed by atoms with Gasteiger partial charge in [0.15, 0.2) is 0 Å². The number of pyridine rings is 1. The summed E-state index contributed by atoms with van der Waals surface area (Å²) < 4.78 is 25.2. The molecule has 2 N–H and O–H groups in total. The second-order valence-corrected chi connectivity index (χ2v) is 3.10. The Morgan fingerprint density at radius 1 is 1.60 bits per heavy atom. The van der Waals surface area contributed by atoms with E-state index in [0.717, 1.165) is 0 Å². The molecule has 0 aliphatic heterocycles. The summed E-state index contributed by atoms with van der Waals surface area (Å²) in [6.07, 6.45) is -2.93. The molecular weight excluding hydrogens is 224 g/mol. The van der Waals surface area contributed by atoms with Gasteiger partial charge in [0.25, 0.3) is 6.43 Å². The maximum absolute atomic E-state index is 12.6. The van der Waals surface area contributed by atoms with Crippen LogP contribution in [-0.4, -0.2) is 4.98 Å². The molecule has 0 aromatic carbocycles. The van der Waals surface area contributed by atoms with Crippen LogP contribution in [0, 0.1) is 11.3 Å². The Balaban J connectivity index is 3.30. The third-order valence-electron chi connectivity index (χ3n) is 1.84. The summed E-state index contributed by atoms with van der Waals surface area (Å²) in [6, 6.07) is 3.18. The molecule has 1 aromatic rings. The minimum atomic E-state index is -2.75. The van der Waals surface area contributed by atoms with Gasteiger partial charge < -0.3 is 5.73 Å².